The Morgan fingerprint density at radius 2 is 2.13 bits per heavy atom. The van der Waals surface area contributed by atoms with Crippen LogP contribution in [0.2, 0.25) is 0 Å². The van der Waals surface area contributed by atoms with Crippen LogP contribution in [0, 0.1) is 17.3 Å². The fourth-order valence-electron chi connectivity index (χ4n) is 3.69. The van der Waals surface area contributed by atoms with Gasteiger partial charge in [0, 0.05) is 11.3 Å². The summed E-state index contributed by atoms with van der Waals surface area (Å²) in [5.41, 5.74) is 1.54. The molecule has 0 aromatic carbocycles. The minimum Gasteiger partial charge on any atom is -0.362 e. The zero-order chi connectivity index (χ0) is 10.8. The van der Waals surface area contributed by atoms with E-state index < -0.39 is 0 Å². The predicted molar refractivity (Wildman–Crippen MR) is 61.6 cm³/mol. The Bertz CT molecular complexity index is 352. The molecule has 0 N–H and O–H groups in total. The quantitative estimate of drug-likeness (QED) is 0.550. The summed E-state index contributed by atoms with van der Waals surface area (Å²) in [4.78, 5) is 0. The highest BCUT2D eigenvalue weighted by Crippen LogP contribution is 2.60. The summed E-state index contributed by atoms with van der Waals surface area (Å²) in [6, 6.07) is 0. The van der Waals surface area contributed by atoms with Gasteiger partial charge in [0.2, 0.25) is 0 Å². The van der Waals surface area contributed by atoms with Crippen molar-refractivity contribution in [1.82, 2.24) is 0 Å². The summed E-state index contributed by atoms with van der Waals surface area (Å²) in [5.74, 6) is 1.20. The molecule has 1 heteroatoms. The molecular formula is C14H20O. The van der Waals surface area contributed by atoms with E-state index in [9.17, 15) is 0 Å². The van der Waals surface area contributed by atoms with Gasteiger partial charge in [-0.1, -0.05) is 45.1 Å². The molecule has 1 spiro atoms. The Balaban J connectivity index is 2.11. The summed E-state index contributed by atoms with van der Waals surface area (Å²) in [5, 5.41) is 0. The first-order valence-electron chi connectivity index (χ1n) is 6.05. The summed E-state index contributed by atoms with van der Waals surface area (Å²) >= 11 is 0. The lowest BCUT2D eigenvalue weighted by Crippen LogP contribution is -2.50. The molecule has 82 valence electrons. The van der Waals surface area contributed by atoms with Crippen LogP contribution in [0.3, 0.4) is 0 Å². The topological polar surface area (TPSA) is 9.23 Å². The Hall–Kier alpha value is -0.560. The molecule has 0 aromatic rings. The minimum atomic E-state index is 0.0112. The standard InChI is InChI=1S/C14H20O/c1-9-5-6-11-10(2)13(3,4)12-7-8-14(9,11)15-12/h7-9,11-12H,2,5-6H2,1,3-4H3. The summed E-state index contributed by atoms with van der Waals surface area (Å²) in [6.07, 6.45) is 7.38. The lowest BCUT2D eigenvalue weighted by Gasteiger charge is -2.48. The van der Waals surface area contributed by atoms with Crippen molar-refractivity contribution in [3.8, 4) is 0 Å². The van der Waals surface area contributed by atoms with Gasteiger partial charge in [-0.15, -0.1) is 0 Å². The molecule has 3 rings (SSSR count). The Labute approximate surface area is 92.2 Å². The van der Waals surface area contributed by atoms with E-state index >= 15 is 0 Å². The number of ether oxygens (including phenoxy) is 1. The summed E-state index contributed by atoms with van der Waals surface area (Å²) in [7, 11) is 0. The maximum Gasteiger partial charge on any atom is 0.0962 e. The van der Waals surface area contributed by atoms with E-state index in [2.05, 4.69) is 39.5 Å². The summed E-state index contributed by atoms with van der Waals surface area (Å²) < 4.78 is 6.33. The largest absolute Gasteiger partial charge is 0.362 e. The Kier molecular flexibility index (Phi) is 1.65. The van der Waals surface area contributed by atoms with Crippen LogP contribution in [0.15, 0.2) is 24.3 Å². The van der Waals surface area contributed by atoms with Gasteiger partial charge in [-0.2, -0.15) is 0 Å². The van der Waals surface area contributed by atoms with Crippen molar-refractivity contribution in [1.29, 1.82) is 0 Å². The lowest BCUT2D eigenvalue weighted by molar-refractivity contribution is -0.125. The van der Waals surface area contributed by atoms with E-state index in [4.69, 9.17) is 4.74 Å². The van der Waals surface area contributed by atoms with E-state index in [0.29, 0.717) is 11.8 Å². The third kappa shape index (κ3) is 0.932. The van der Waals surface area contributed by atoms with Crippen molar-refractivity contribution >= 4 is 0 Å². The molecule has 0 aromatic heterocycles. The molecule has 1 saturated carbocycles. The normalized spacial score (nSPS) is 50.9. The minimum absolute atomic E-state index is 0.0112. The van der Waals surface area contributed by atoms with Crippen LogP contribution in [0.25, 0.3) is 0 Å². The molecule has 1 nitrogen and oxygen atoms in total. The smallest absolute Gasteiger partial charge is 0.0962 e. The first-order chi connectivity index (χ1) is 6.98. The van der Waals surface area contributed by atoms with Crippen LogP contribution in [0.5, 0.6) is 0 Å². The molecule has 2 aliphatic heterocycles. The molecule has 2 bridgehead atoms. The van der Waals surface area contributed by atoms with Crippen molar-refractivity contribution in [3.63, 3.8) is 0 Å². The highest BCUT2D eigenvalue weighted by molar-refractivity contribution is 5.36. The molecule has 2 fully saturated rings. The van der Waals surface area contributed by atoms with Crippen molar-refractivity contribution in [3.05, 3.63) is 24.3 Å². The second-order valence-corrected chi connectivity index (χ2v) is 6.03. The molecule has 15 heavy (non-hydrogen) atoms. The van der Waals surface area contributed by atoms with Crippen LogP contribution in [0.4, 0.5) is 0 Å². The number of fused-ring (bicyclic) bond motifs is 1. The van der Waals surface area contributed by atoms with Crippen molar-refractivity contribution in [2.45, 2.75) is 45.3 Å². The maximum absolute atomic E-state index is 6.33. The average Bonchev–Trinajstić information content (AvgIpc) is 2.72. The molecule has 1 aliphatic carbocycles. The van der Waals surface area contributed by atoms with Crippen molar-refractivity contribution in [2.24, 2.45) is 17.3 Å². The van der Waals surface area contributed by atoms with Gasteiger partial charge < -0.3 is 4.74 Å². The van der Waals surface area contributed by atoms with Crippen LogP contribution in [0.1, 0.15) is 33.6 Å². The van der Waals surface area contributed by atoms with Gasteiger partial charge in [0.25, 0.3) is 0 Å². The second-order valence-electron chi connectivity index (χ2n) is 6.03. The molecule has 0 amide bonds. The van der Waals surface area contributed by atoms with Gasteiger partial charge in [-0.3, -0.25) is 0 Å². The molecule has 4 atom stereocenters. The molecule has 2 heterocycles. The van der Waals surface area contributed by atoms with Crippen molar-refractivity contribution < 1.29 is 4.74 Å². The Morgan fingerprint density at radius 3 is 2.87 bits per heavy atom. The first-order valence-corrected chi connectivity index (χ1v) is 6.05. The highest BCUT2D eigenvalue weighted by Gasteiger charge is 2.59. The van der Waals surface area contributed by atoms with Gasteiger partial charge in [0.1, 0.15) is 0 Å². The molecule has 4 unspecified atom stereocenters. The van der Waals surface area contributed by atoms with Gasteiger partial charge >= 0.3 is 0 Å². The van der Waals surface area contributed by atoms with Gasteiger partial charge in [0.05, 0.1) is 11.7 Å². The van der Waals surface area contributed by atoms with Crippen LogP contribution in [-0.2, 0) is 4.74 Å². The second kappa shape index (κ2) is 2.57. The highest BCUT2D eigenvalue weighted by atomic mass is 16.5. The van der Waals surface area contributed by atoms with Gasteiger partial charge in [0.15, 0.2) is 0 Å². The lowest BCUT2D eigenvalue weighted by atomic mass is 9.68. The number of hydrogen-bond acceptors (Lipinski definition) is 1. The molecular weight excluding hydrogens is 184 g/mol. The molecule has 3 aliphatic rings. The monoisotopic (exact) mass is 204 g/mol. The van der Waals surface area contributed by atoms with Crippen LogP contribution < -0.4 is 0 Å². The summed E-state index contributed by atoms with van der Waals surface area (Å²) in [6.45, 7) is 11.2. The van der Waals surface area contributed by atoms with Gasteiger partial charge in [-0.05, 0) is 18.8 Å². The van der Waals surface area contributed by atoms with Crippen molar-refractivity contribution in [2.75, 3.05) is 0 Å². The van der Waals surface area contributed by atoms with E-state index in [-0.39, 0.29) is 17.1 Å². The fraction of sp³-hybridized carbons (Fsp3) is 0.714. The SMILES string of the molecule is C=C1C2CCC(C)C23C=CC(O3)C1(C)C. The van der Waals surface area contributed by atoms with E-state index in [1.807, 2.05) is 0 Å². The number of hydrogen-bond donors (Lipinski definition) is 0. The van der Waals surface area contributed by atoms with Gasteiger partial charge in [-0.25, -0.2) is 0 Å². The van der Waals surface area contributed by atoms with E-state index in [0.717, 1.165) is 0 Å². The van der Waals surface area contributed by atoms with E-state index in [1.54, 1.807) is 0 Å². The Morgan fingerprint density at radius 1 is 1.40 bits per heavy atom. The van der Waals surface area contributed by atoms with Crippen LogP contribution >= 0.6 is 0 Å². The molecule has 0 radical (unpaired) electrons. The first kappa shape index (κ1) is 9.65. The third-order valence-corrected chi connectivity index (χ3v) is 5.03. The predicted octanol–water partition coefficient (Wildman–Crippen LogP) is 3.32. The average molecular weight is 204 g/mol. The number of rotatable bonds is 0. The zero-order valence-corrected chi connectivity index (χ0v) is 9.92. The zero-order valence-electron chi connectivity index (χ0n) is 9.92. The third-order valence-electron chi connectivity index (χ3n) is 5.03. The maximum atomic E-state index is 6.33. The fourth-order valence-corrected chi connectivity index (χ4v) is 3.69. The molecule has 1 saturated heterocycles. The van der Waals surface area contributed by atoms with E-state index in [1.165, 1.54) is 18.4 Å². The van der Waals surface area contributed by atoms with Crippen LogP contribution in [-0.4, -0.2) is 11.7 Å².